The summed E-state index contributed by atoms with van der Waals surface area (Å²) in [6, 6.07) is 5.64. The van der Waals surface area contributed by atoms with Crippen molar-refractivity contribution in [3.63, 3.8) is 0 Å². The second kappa shape index (κ2) is 7.41. The molecule has 1 unspecified atom stereocenters. The van der Waals surface area contributed by atoms with E-state index in [0.29, 0.717) is 18.1 Å². The number of hydrogen-bond donors (Lipinski definition) is 1. The van der Waals surface area contributed by atoms with Crippen LogP contribution in [0.5, 0.6) is 0 Å². The second-order valence-electron chi connectivity index (χ2n) is 7.17. The van der Waals surface area contributed by atoms with Crippen molar-refractivity contribution in [3.8, 4) is 5.82 Å². The minimum atomic E-state index is -0.141. The fraction of sp³-hybridized carbons (Fsp3) is 0.421. The third kappa shape index (κ3) is 3.73. The molecule has 4 heterocycles. The average molecular weight is 381 g/mol. The molecule has 0 saturated carbocycles. The summed E-state index contributed by atoms with van der Waals surface area (Å²) in [7, 11) is 0. The van der Waals surface area contributed by atoms with E-state index < -0.39 is 0 Å². The van der Waals surface area contributed by atoms with Gasteiger partial charge in [-0.15, -0.1) is 0 Å². The Morgan fingerprint density at radius 2 is 2.00 bits per heavy atom. The zero-order chi connectivity index (χ0) is 19.7. The molecule has 1 aliphatic rings. The number of rotatable bonds is 4. The highest BCUT2D eigenvalue weighted by molar-refractivity contribution is 5.92. The zero-order valence-corrected chi connectivity index (χ0v) is 16.2. The third-order valence-electron chi connectivity index (χ3n) is 4.86. The van der Waals surface area contributed by atoms with Gasteiger partial charge in [-0.3, -0.25) is 4.79 Å². The van der Waals surface area contributed by atoms with Gasteiger partial charge in [-0.2, -0.15) is 5.10 Å². The lowest BCUT2D eigenvalue weighted by Crippen LogP contribution is -2.41. The Balaban J connectivity index is 1.49. The van der Waals surface area contributed by atoms with Gasteiger partial charge in [0.05, 0.1) is 11.6 Å². The lowest BCUT2D eigenvalue weighted by molar-refractivity contribution is -0.120. The van der Waals surface area contributed by atoms with Gasteiger partial charge in [0, 0.05) is 30.9 Å². The van der Waals surface area contributed by atoms with E-state index in [0.717, 1.165) is 42.4 Å². The molecule has 1 fully saturated rings. The SMILES string of the molecule is Cc1cc(C)n(-c2cc(N3CCCC(C(=O)Nc4cc(C)on4)C3)ncn2)n1. The molecule has 0 aliphatic carbocycles. The van der Waals surface area contributed by atoms with Crippen LogP contribution in [0.15, 0.2) is 29.0 Å². The van der Waals surface area contributed by atoms with Crippen LogP contribution in [0.3, 0.4) is 0 Å². The Morgan fingerprint density at radius 3 is 2.71 bits per heavy atom. The van der Waals surface area contributed by atoms with Crippen LogP contribution in [0.1, 0.15) is 30.0 Å². The van der Waals surface area contributed by atoms with Crippen LogP contribution in [0.2, 0.25) is 0 Å². The summed E-state index contributed by atoms with van der Waals surface area (Å²) >= 11 is 0. The average Bonchev–Trinajstić information content (AvgIpc) is 3.26. The largest absolute Gasteiger partial charge is 0.360 e. The normalized spacial score (nSPS) is 17.0. The Labute approximate surface area is 162 Å². The molecule has 3 aromatic rings. The van der Waals surface area contributed by atoms with Gasteiger partial charge in [0.25, 0.3) is 0 Å². The molecule has 9 nitrogen and oxygen atoms in total. The molecule has 28 heavy (non-hydrogen) atoms. The number of aryl methyl sites for hydroxylation is 3. The van der Waals surface area contributed by atoms with Crippen LogP contribution in [0, 0.1) is 26.7 Å². The number of carbonyl (C=O) groups is 1. The third-order valence-corrected chi connectivity index (χ3v) is 4.86. The highest BCUT2D eigenvalue weighted by atomic mass is 16.5. The van der Waals surface area contributed by atoms with Crippen LogP contribution in [0.25, 0.3) is 5.82 Å². The number of nitrogens with one attached hydrogen (secondary N) is 1. The molecule has 4 rings (SSSR count). The molecular weight excluding hydrogens is 358 g/mol. The number of piperidine rings is 1. The van der Waals surface area contributed by atoms with Crippen molar-refractivity contribution >= 4 is 17.5 Å². The Kier molecular flexibility index (Phi) is 4.81. The summed E-state index contributed by atoms with van der Waals surface area (Å²) in [6.07, 6.45) is 3.28. The maximum atomic E-state index is 12.6. The number of amides is 1. The molecular formula is C19H23N7O2. The number of nitrogens with zero attached hydrogens (tertiary/aromatic N) is 6. The summed E-state index contributed by atoms with van der Waals surface area (Å²) in [5, 5.41) is 11.2. The van der Waals surface area contributed by atoms with Crippen molar-refractivity contribution < 1.29 is 9.32 Å². The molecule has 1 saturated heterocycles. The summed E-state index contributed by atoms with van der Waals surface area (Å²) in [5.74, 6) is 2.45. The van der Waals surface area contributed by atoms with Crippen molar-refractivity contribution in [2.75, 3.05) is 23.3 Å². The van der Waals surface area contributed by atoms with E-state index >= 15 is 0 Å². The van der Waals surface area contributed by atoms with Crippen LogP contribution in [-0.4, -0.2) is 43.9 Å². The molecule has 1 atom stereocenters. The van der Waals surface area contributed by atoms with Crippen LogP contribution in [0.4, 0.5) is 11.6 Å². The van der Waals surface area contributed by atoms with Gasteiger partial charge in [0.15, 0.2) is 11.6 Å². The first kappa shape index (κ1) is 18.1. The molecule has 9 heteroatoms. The Bertz CT molecular complexity index is 994. The van der Waals surface area contributed by atoms with Gasteiger partial charge in [-0.25, -0.2) is 14.6 Å². The Hall–Kier alpha value is -3.23. The highest BCUT2D eigenvalue weighted by Crippen LogP contribution is 2.24. The van der Waals surface area contributed by atoms with Crippen molar-refractivity contribution in [1.29, 1.82) is 0 Å². The van der Waals surface area contributed by atoms with Crippen molar-refractivity contribution in [1.82, 2.24) is 24.9 Å². The minimum absolute atomic E-state index is 0.0502. The Morgan fingerprint density at radius 1 is 1.18 bits per heavy atom. The molecule has 0 spiro atoms. The van der Waals surface area contributed by atoms with Crippen LogP contribution < -0.4 is 10.2 Å². The van der Waals surface area contributed by atoms with Gasteiger partial charge in [0.2, 0.25) is 5.91 Å². The van der Waals surface area contributed by atoms with Crippen molar-refractivity contribution in [2.45, 2.75) is 33.6 Å². The van der Waals surface area contributed by atoms with Crippen molar-refractivity contribution in [3.05, 3.63) is 41.7 Å². The fourth-order valence-electron chi connectivity index (χ4n) is 3.54. The van der Waals surface area contributed by atoms with Crippen LogP contribution >= 0.6 is 0 Å². The van der Waals surface area contributed by atoms with E-state index in [-0.39, 0.29) is 11.8 Å². The first-order chi connectivity index (χ1) is 13.5. The standard InChI is InChI=1S/C19H23N7O2/c1-12-7-13(2)26(23-12)18-9-17(20-11-21-18)25-6-4-5-15(10-25)19(27)22-16-8-14(3)28-24-16/h7-9,11,15H,4-6,10H2,1-3H3,(H,22,24,27). The lowest BCUT2D eigenvalue weighted by atomic mass is 9.97. The summed E-state index contributed by atoms with van der Waals surface area (Å²) in [4.78, 5) is 23.5. The summed E-state index contributed by atoms with van der Waals surface area (Å²) < 4.78 is 6.82. The molecule has 1 N–H and O–H groups in total. The molecule has 3 aromatic heterocycles. The molecule has 0 aromatic carbocycles. The number of carbonyl (C=O) groups excluding carboxylic acids is 1. The monoisotopic (exact) mass is 381 g/mol. The molecule has 1 amide bonds. The van der Waals surface area contributed by atoms with E-state index in [2.05, 4.69) is 30.4 Å². The topological polar surface area (TPSA) is 102 Å². The van der Waals surface area contributed by atoms with E-state index in [1.807, 2.05) is 30.7 Å². The maximum Gasteiger partial charge on any atom is 0.230 e. The van der Waals surface area contributed by atoms with E-state index in [9.17, 15) is 4.79 Å². The fourth-order valence-corrected chi connectivity index (χ4v) is 3.54. The van der Waals surface area contributed by atoms with Crippen LogP contribution in [-0.2, 0) is 4.79 Å². The van der Waals surface area contributed by atoms with Gasteiger partial charge < -0.3 is 14.7 Å². The summed E-state index contributed by atoms with van der Waals surface area (Å²) in [6.45, 7) is 7.18. The first-order valence-electron chi connectivity index (χ1n) is 9.34. The number of aromatic nitrogens is 5. The van der Waals surface area contributed by atoms with E-state index in [1.165, 1.54) is 0 Å². The predicted molar refractivity (Wildman–Crippen MR) is 103 cm³/mol. The van der Waals surface area contributed by atoms with Gasteiger partial charge in [-0.05, 0) is 39.7 Å². The second-order valence-corrected chi connectivity index (χ2v) is 7.17. The lowest BCUT2D eigenvalue weighted by Gasteiger charge is -2.32. The van der Waals surface area contributed by atoms with E-state index in [4.69, 9.17) is 4.52 Å². The van der Waals surface area contributed by atoms with Gasteiger partial charge in [-0.1, -0.05) is 5.16 Å². The maximum absolute atomic E-state index is 12.6. The molecule has 0 radical (unpaired) electrons. The number of hydrogen-bond acceptors (Lipinski definition) is 7. The molecule has 1 aliphatic heterocycles. The molecule has 146 valence electrons. The number of anilines is 2. The van der Waals surface area contributed by atoms with Crippen molar-refractivity contribution in [2.24, 2.45) is 5.92 Å². The highest BCUT2D eigenvalue weighted by Gasteiger charge is 2.27. The summed E-state index contributed by atoms with van der Waals surface area (Å²) in [5.41, 5.74) is 1.96. The zero-order valence-electron chi connectivity index (χ0n) is 16.2. The van der Waals surface area contributed by atoms with Gasteiger partial charge in [0.1, 0.15) is 17.9 Å². The first-order valence-corrected chi connectivity index (χ1v) is 9.34. The predicted octanol–water partition coefficient (Wildman–Crippen LogP) is 2.43. The smallest absolute Gasteiger partial charge is 0.230 e. The van der Waals surface area contributed by atoms with Gasteiger partial charge >= 0.3 is 0 Å². The van der Waals surface area contributed by atoms with E-state index in [1.54, 1.807) is 19.3 Å². The molecule has 0 bridgehead atoms. The minimum Gasteiger partial charge on any atom is -0.360 e. The quantitative estimate of drug-likeness (QED) is 0.740.